The van der Waals surface area contributed by atoms with Crippen LogP contribution in [0.2, 0.25) is 10.0 Å². The second-order valence-electron chi connectivity index (χ2n) is 7.26. The summed E-state index contributed by atoms with van der Waals surface area (Å²) in [7, 11) is 1.66. The molecule has 1 atom stereocenters. The Kier molecular flexibility index (Phi) is 7.88. The Hall–Kier alpha value is -2.75. The second kappa shape index (κ2) is 10.5. The van der Waals surface area contributed by atoms with Crippen molar-refractivity contribution < 1.29 is 27.8 Å². The summed E-state index contributed by atoms with van der Waals surface area (Å²) in [6.45, 7) is -0.386. The average Bonchev–Trinajstić information content (AvgIpc) is 3.19. The number of aryl methyl sites for hydroxylation is 1. The zero-order valence-electron chi connectivity index (χ0n) is 17.4. The first kappa shape index (κ1) is 24.9. The SMILES string of the molecule is Cn1cncc1C(=O)N(Cc1c(Cl)cccc1Cl)CC(O)COc1ccc(C(F)(F)F)cc1. The Bertz CT molecular complexity index is 1080. The van der Waals surface area contributed by atoms with E-state index in [0.29, 0.717) is 15.6 Å². The van der Waals surface area contributed by atoms with Crippen LogP contribution < -0.4 is 4.74 Å². The highest BCUT2D eigenvalue weighted by Gasteiger charge is 2.30. The maximum absolute atomic E-state index is 13.1. The summed E-state index contributed by atoms with van der Waals surface area (Å²) in [4.78, 5) is 18.4. The number of alkyl halides is 3. The normalized spacial score (nSPS) is 12.5. The summed E-state index contributed by atoms with van der Waals surface area (Å²) in [5.74, 6) is -0.264. The lowest BCUT2D eigenvalue weighted by Gasteiger charge is -2.26. The van der Waals surface area contributed by atoms with E-state index in [1.807, 2.05) is 0 Å². The van der Waals surface area contributed by atoms with E-state index in [0.717, 1.165) is 24.3 Å². The topological polar surface area (TPSA) is 67.6 Å². The number of nitrogens with zero attached hydrogens (tertiary/aromatic N) is 3. The van der Waals surface area contributed by atoms with E-state index in [2.05, 4.69) is 4.98 Å². The minimum atomic E-state index is -4.45. The number of aliphatic hydroxyl groups is 1. The smallest absolute Gasteiger partial charge is 0.416 e. The summed E-state index contributed by atoms with van der Waals surface area (Å²) in [6, 6.07) is 9.06. The van der Waals surface area contributed by atoms with Crippen LogP contribution in [0.15, 0.2) is 55.0 Å². The summed E-state index contributed by atoms with van der Waals surface area (Å²) < 4.78 is 45.0. The molecule has 0 fully saturated rings. The van der Waals surface area contributed by atoms with Gasteiger partial charge in [0.2, 0.25) is 0 Å². The molecule has 1 unspecified atom stereocenters. The molecule has 0 aliphatic carbocycles. The molecule has 3 aromatic rings. The van der Waals surface area contributed by atoms with Crippen molar-refractivity contribution in [3.8, 4) is 5.75 Å². The fraction of sp³-hybridized carbons (Fsp3) is 0.273. The number of carbonyl (C=O) groups excluding carboxylic acids is 1. The second-order valence-corrected chi connectivity index (χ2v) is 8.08. The summed E-state index contributed by atoms with van der Waals surface area (Å²) in [5.41, 5.74) is -0.0128. The van der Waals surface area contributed by atoms with Crippen molar-refractivity contribution in [3.05, 3.63) is 81.9 Å². The van der Waals surface area contributed by atoms with Gasteiger partial charge in [-0.1, -0.05) is 29.3 Å². The molecule has 0 spiro atoms. The first-order valence-electron chi connectivity index (χ1n) is 9.73. The van der Waals surface area contributed by atoms with Crippen molar-refractivity contribution in [1.82, 2.24) is 14.5 Å². The number of imidazole rings is 1. The third kappa shape index (κ3) is 6.40. The van der Waals surface area contributed by atoms with Gasteiger partial charge >= 0.3 is 6.18 Å². The molecule has 11 heteroatoms. The van der Waals surface area contributed by atoms with Gasteiger partial charge in [0.05, 0.1) is 24.6 Å². The monoisotopic (exact) mass is 501 g/mol. The molecule has 3 rings (SSSR count). The molecule has 176 valence electrons. The van der Waals surface area contributed by atoms with Gasteiger partial charge in [0, 0.05) is 29.2 Å². The molecule has 1 amide bonds. The molecule has 0 radical (unpaired) electrons. The van der Waals surface area contributed by atoms with E-state index in [-0.39, 0.29) is 31.1 Å². The molecule has 1 heterocycles. The highest BCUT2D eigenvalue weighted by Crippen LogP contribution is 2.30. The molecule has 0 saturated heterocycles. The number of carbonyl (C=O) groups is 1. The van der Waals surface area contributed by atoms with Gasteiger partial charge < -0.3 is 19.3 Å². The first-order valence-corrected chi connectivity index (χ1v) is 10.5. The zero-order chi connectivity index (χ0) is 24.2. The van der Waals surface area contributed by atoms with E-state index >= 15 is 0 Å². The third-order valence-corrected chi connectivity index (χ3v) is 5.50. The minimum Gasteiger partial charge on any atom is -0.491 e. The fourth-order valence-corrected chi connectivity index (χ4v) is 3.58. The van der Waals surface area contributed by atoms with Gasteiger partial charge in [-0.15, -0.1) is 0 Å². The van der Waals surface area contributed by atoms with Crippen LogP contribution in [-0.2, 0) is 19.8 Å². The van der Waals surface area contributed by atoms with Crippen LogP contribution in [0.3, 0.4) is 0 Å². The molecule has 1 N–H and O–H groups in total. The Morgan fingerprint density at radius 1 is 1.18 bits per heavy atom. The zero-order valence-corrected chi connectivity index (χ0v) is 18.9. The van der Waals surface area contributed by atoms with Crippen molar-refractivity contribution in [2.45, 2.75) is 18.8 Å². The summed E-state index contributed by atoms with van der Waals surface area (Å²) in [5, 5.41) is 11.2. The lowest BCUT2D eigenvalue weighted by Crippen LogP contribution is -2.40. The molecule has 0 saturated carbocycles. The van der Waals surface area contributed by atoms with Crippen molar-refractivity contribution in [3.63, 3.8) is 0 Å². The molecule has 0 aliphatic rings. The lowest BCUT2D eigenvalue weighted by molar-refractivity contribution is -0.137. The van der Waals surface area contributed by atoms with E-state index in [4.69, 9.17) is 27.9 Å². The van der Waals surface area contributed by atoms with E-state index in [1.54, 1.807) is 25.2 Å². The van der Waals surface area contributed by atoms with Gasteiger partial charge in [0.25, 0.3) is 5.91 Å². The lowest BCUT2D eigenvalue weighted by atomic mass is 10.2. The van der Waals surface area contributed by atoms with Gasteiger partial charge in [-0.05, 0) is 36.4 Å². The number of hydrogen-bond donors (Lipinski definition) is 1. The number of amides is 1. The third-order valence-electron chi connectivity index (χ3n) is 4.79. The number of ether oxygens (including phenoxy) is 1. The van der Waals surface area contributed by atoms with Crippen LogP contribution in [-0.4, -0.2) is 44.7 Å². The number of rotatable bonds is 8. The van der Waals surface area contributed by atoms with Crippen LogP contribution >= 0.6 is 23.2 Å². The first-order chi connectivity index (χ1) is 15.6. The van der Waals surface area contributed by atoms with Gasteiger partial charge in [-0.3, -0.25) is 4.79 Å². The highest BCUT2D eigenvalue weighted by molar-refractivity contribution is 6.36. The fourth-order valence-electron chi connectivity index (χ4n) is 3.06. The molecular formula is C22H20Cl2F3N3O3. The average molecular weight is 502 g/mol. The van der Waals surface area contributed by atoms with Crippen LogP contribution in [0.5, 0.6) is 5.75 Å². The van der Waals surface area contributed by atoms with Gasteiger partial charge in [-0.2, -0.15) is 13.2 Å². The van der Waals surface area contributed by atoms with Gasteiger partial charge in [0.15, 0.2) is 0 Å². The van der Waals surface area contributed by atoms with Crippen molar-refractivity contribution in [2.24, 2.45) is 7.05 Å². The minimum absolute atomic E-state index is 0.0137. The van der Waals surface area contributed by atoms with Gasteiger partial charge in [0.1, 0.15) is 24.2 Å². The summed E-state index contributed by atoms with van der Waals surface area (Å²) >= 11 is 12.5. The molecule has 6 nitrogen and oxygen atoms in total. The van der Waals surface area contributed by atoms with E-state index in [1.165, 1.54) is 22.0 Å². The summed E-state index contributed by atoms with van der Waals surface area (Å²) in [6.07, 6.45) is -2.73. The van der Waals surface area contributed by atoms with Crippen LogP contribution in [0.1, 0.15) is 21.6 Å². The predicted octanol–water partition coefficient (Wildman–Crippen LogP) is 4.83. The van der Waals surface area contributed by atoms with Gasteiger partial charge in [-0.25, -0.2) is 4.98 Å². The van der Waals surface area contributed by atoms with E-state index < -0.39 is 23.8 Å². The maximum Gasteiger partial charge on any atom is 0.416 e. The number of hydrogen-bond acceptors (Lipinski definition) is 4. The number of benzene rings is 2. The molecule has 33 heavy (non-hydrogen) atoms. The molecule has 0 aliphatic heterocycles. The maximum atomic E-state index is 13.1. The Morgan fingerprint density at radius 3 is 2.36 bits per heavy atom. The van der Waals surface area contributed by atoms with Crippen LogP contribution in [0, 0.1) is 0 Å². The van der Waals surface area contributed by atoms with Crippen LogP contribution in [0.4, 0.5) is 13.2 Å². The predicted molar refractivity (Wildman–Crippen MR) is 117 cm³/mol. The van der Waals surface area contributed by atoms with Crippen molar-refractivity contribution in [1.29, 1.82) is 0 Å². The number of aromatic nitrogens is 2. The Labute approximate surface area is 198 Å². The highest BCUT2D eigenvalue weighted by atomic mass is 35.5. The largest absolute Gasteiger partial charge is 0.491 e. The van der Waals surface area contributed by atoms with E-state index in [9.17, 15) is 23.1 Å². The molecular weight excluding hydrogens is 482 g/mol. The molecule has 0 bridgehead atoms. The van der Waals surface area contributed by atoms with Crippen LogP contribution in [0.25, 0.3) is 0 Å². The number of aliphatic hydroxyl groups excluding tert-OH is 1. The molecule has 1 aromatic heterocycles. The quantitative estimate of drug-likeness (QED) is 0.480. The van der Waals surface area contributed by atoms with Crippen molar-refractivity contribution in [2.75, 3.05) is 13.2 Å². The standard InChI is InChI=1S/C22H20Cl2F3N3O3/c1-29-13-28-9-20(29)21(32)30(11-17-18(23)3-2-4-19(17)24)10-15(31)12-33-16-7-5-14(6-8-16)22(25,26)27/h2-9,13,15,31H,10-12H2,1H3. The Balaban J connectivity index is 1.72. The number of halogens is 5. The van der Waals surface area contributed by atoms with Crippen molar-refractivity contribution >= 4 is 29.1 Å². The Morgan fingerprint density at radius 2 is 1.82 bits per heavy atom. The molecule has 2 aromatic carbocycles.